The summed E-state index contributed by atoms with van der Waals surface area (Å²) in [7, 11) is 0. The van der Waals surface area contributed by atoms with Crippen molar-refractivity contribution in [1.82, 2.24) is 9.80 Å². The standard InChI is InChI=1S/2C52H105NO2.Ca/c2*1-4-7-9-11-13-15-17-19-21-23-25-27-29-31-33-35-37-39-41-43-45-48-53(51(47-6-3)50-52(54)55)49-46-44-42-40-38-36-34-32-30-28-26-24-22-20-18-16-14-12-10-8-5-2;/h2*51H,4-50H2,1-3H3,(H,54,55);/q;;+2/p-2. The molecule has 0 fully saturated rings. The van der Waals surface area contributed by atoms with Crippen molar-refractivity contribution in [2.45, 2.75) is 632 Å². The second-order valence-corrected chi connectivity index (χ2v) is 36.4. The fourth-order valence-corrected chi connectivity index (χ4v) is 17.8. The quantitative estimate of drug-likeness (QED) is 0.0445. The molecule has 0 aliphatic rings. The first-order chi connectivity index (χ1) is 54.3. The Kier molecular flexibility index (Phi) is 108. The number of carbonyl (C=O) groups is 2. The molecule has 0 saturated carbocycles. The average Bonchev–Trinajstić information content (AvgIpc) is 0.918. The molecule has 2 unspecified atom stereocenters. The summed E-state index contributed by atoms with van der Waals surface area (Å²) in [5.74, 6) is -1.75. The smallest absolute Gasteiger partial charge is 0.550 e. The molecule has 7 heteroatoms. The molecule has 0 heterocycles. The van der Waals surface area contributed by atoms with Gasteiger partial charge in [0.15, 0.2) is 0 Å². The summed E-state index contributed by atoms with van der Waals surface area (Å²) in [4.78, 5) is 28.2. The van der Waals surface area contributed by atoms with Gasteiger partial charge in [-0.3, -0.25) is 0 Å². The molecule has 0 amide bonds. The Balaban J connectivity index is -0.00000208. The van der Waals surface area contributed by atoms with Crippen molar-refractivity contribution in [2.75, 3.05) is 26.2 Å². The van der Waals surface area contributed by atoms with E-state index in [1.807, 2.05) is 0 Å². The number of carboxylic acids is 2. The molecule has 0 aliphatic heterocycles. The Labute approximate surface area is 731 Å². The van der Waals surface area contributed by atoms with Gasteiger partial charge < -0.3 is 29.6 Å². The first kappa shape index (κ1) is 115. The monoisotopic (exact) mass is 1590 g/mol. The van der Waals surface area contributed by atoms with Crippen LogP contribution in [0.4, 0.5) is 0 Å². The van der Waals surface area contributed by atoms with Gasteiger partial charge in [-0.15, -0.1) is 0 Å². The molecule has 0 aromatic rings. The summed E-state index contributed by atoms with van der Waals surface area (Å²) < 4.78 is 0. The zero-order valence-corrected chi connectivity index (χ0v) is 80.1. The van der Waals surface area contributed by atoms with E-state index in [4.69, 9.17) is 0 Å². The molecule has 111 heavy (non-hydrogen) atoms. The third kappa shape index (κ3) is 98.8. The Hall–Kier alpha value is 0.120. The van der Waals surface area contributed by atoms with E-state index in [1.54, 1.807) is 0 Å². The third-order valence-corrected chi connectivity index (χ3v) is 25.3. The summed E-state index contributed by atoms with van der Waals surface area (Å²) in [6, 6.07) is 0.315. The van der Waals surface area contributed by atoms with Crippen molar-refractivity contribution in [1.29, 1.82) is 0 Å². The van der Waals surface area contributed by atoms with Crippen LogP contribution in [0.15, 0.2) is 0 Å². The van der Waals surface area contributed by atoms with Crippen molar-refractivity contribution in [3.05, 3.63) is 0 Å². The minimum absolute atomic E-state index is 0. The van der Waals surface area contributed by atoms with Crippen LogP contribution in [0.5, 0.6) is 0 Å². The summed E-state index contributed by atoms with van der Waals surface area (Å²) in [6.45, 7) is 17.9. The number of aliphatic carboxylic acids is 2. The molecule has 0 aromatic carbocycles. The van der Waals surface area contributed by atoms with E-state index in [1.165, 1.54) is 539 Å². The number of nitrogens with zero attached hydrogens (tertiary/aromatic N) is 2. The topological polar surface area (TPSA) is 86.7 Å². The Morgan fingerprint density at radius 1 is 0.171 bits per heavy atom. The molecule has 660 valence electrons. The van der Waals surface area contributed by atoms with E-state index in [0.29, 0.717) is 0 Å². The fourth-order valence-electron chi connectivity index (χ4n) is 17.8. The summed E-state index contributed by atoms with van der Waals surface area (Å²) >= 11 is 0. The van der Waals surface area contributed by atoms with Crippen LogP contribution in [0.25, 0.3) is 0 Å². The van der Waals surface area contributed by atoms with Crippen molar-refractivity contribution in [2.24, 2.45) is 0 Å². The van der Waals surface area contributed by atoms with Gasteiger partial charge in [0.2, 0.25) is 0 Å². The summed E-state index contributed by atoms with van der Waals surface area (Å²) in [6.07, 6.45) is 123. The predicted molar refractivity (Wildman–Crippen MR) is 496 cm³/mol. The van der Waals surface area contributed by atoms with Crippen LogP contribution in [0.1, 0.15) is 619 Å². The van der Waals surface area contributed by atoms with Crippen LogP contribution in [0.3, 0.4) is 0 Å². The number of carbonyl (C=O) groups excluding carboxylic acids is 2. The van der Waals surface area contributed by atoms with Gasteiger partial charge in [-0.1, -0.05) is 568 Å². The zero-order valence-electron chi connectivity index (χ0n) is 77.9. The van der Waals surface area contributed by atoms with Crippen molar-refractivity contribution >= 4 is 49.7 Å². The molecule has 0 aromatic heterocycles. The molecule has 2 atom stereocenters. The first-order valence-corrected chi connectivity index (χ1v) is 52.2. The van der Waals surface area contributed by atoms with Crippen LogP contribution >= 0.6 is 0 Å². The Bertz CT molecular complexity index is 1450. The third-order valence-electron chi connectivity index (χ3n) is 25.3. The normalized spacial score (nSPS) is 12.2. The number of unbranched alkanes of at least 4 members (excludes halogenated alkanes) is 80. The van der Waals surface area contributed by atoms with Crippen LogP contribution in [-0.2, 0) is 9.59 Å². The Morgan fingerprint density at radius 2 is 0.270 bits per heavy atom. The van der Waals surface area contributed by atoms with Crippen molar-refractivity contribution in [3.63, 3.8) is 0 Å². The van der Waals surface area contributed by atoms with Gasteiger partial charge >= 0.3 is 37.7 Å². The van der Waals surface area contributed by atoms with Crippen LogP contribution in [0, 0.1) is 0 Å². The first-order valence-electron chi connectivity index (χ1n) is 52.2. The maximum absolute atomic E-state index is 11.6. The van der Waals surface area contributed by atoms with Gasteiger partial charge in [0, 0.05) is 36.9 Å². The predicted octanol–water partition coefficient (Wildman–Crippen LogP) is 33.7. The van der Waals surface area contributed by atoms with Crippen LogP contribution in [0.2, 0.25) is 0 Å². The molecular weight excluding hydrogens is 1380 g/mol. The number of hydrogen-bond donors (Lipinski definition) is 0. The maximum Gasteiger partial charge on any atom is 2.00 e. The van der Waals surface area contributed by atoms with Gasteiger partial charge in [-0.2, -0.15) is 0 Å². The van der Waals surface area contributed by atoms with E-state index in [9.17, 15) is 19.8 Å². The minimum atomic E-state index is -0.874. The second-order valence-electron chi connectivity index (χ2n) is 36.4. The minimum Gasteiger partial charge on any atom is -0.550 e. The van der Waals surface area contributed by atoms with E-state index in [2.05, 4.69) is 51.3 Å². The zero-order chi connectivity index (χ0) is 79.9. The van der Waals surface area contributed by atoms with E-state index in [0.717, 1.165) is 51.9 Å². The summed E-state index contributed by atoms with van der Waals surface area (Å²) in [5.41, 5.74) is 0. The molecule has 0 rings (SSSR count). The van der Waals surface area contributed by atoms with Crippen LogP contribution in [-0.4, -0.2) is 97.7 Å². The number of carboxylic acid groups (broad SMARTS) is 2. The SMILES string of the molecule is CCCCCCCCCCCCCCCCCCCCCCCN(CCCCCCCCCCCCCCCCCCCCCCC)C(CCC)CC(=O)[O-].CCCCCCCCCCCCCCCCCCCCCCCN(CCCCCCCCCCCCCCCCCCCCCCC)C(CCC)CC(=O)[O-].[Ca+2]. The van der Waals surface area contributed by atoms with E-state index >= 15 is 0 Å². The number of hydrogen-bond acceptors (Lipinski definition) is 6. The van der Waals surface area contributed by atoms with Crippen molar-refractivity contribution in [3.8, 4) is 0 Å². The maximum atomic E-state index is 11.6. The molecule has 0 bridgehead atoms. The molecule has 6 nitrogen and oxygen atoms in total. The van der Waals surface area contributed by atoms with Gasteiger partial charge in [-0.25, -0.2) is 0 Å². The van der Waals surface area contributed by atoms with Gasteiger partial charge in [-0.05, 0) is 64.7 Å². The molecule has 0 spiro atoms. The Morgan fingerprint density at radius 3 is 0.360 bits per heavy atom. The van der Waals surface area contributed by atoms with Gasteiger partial charge in [0.05, 0.1) is 0 Å². The van der Waals surface area contributed by atoms with Gasteiger partial charge in [0.25, 0.3) is 0 Å². The fraction of sp³-hybridized carbons (Fsp3) is 0.981. The van der Waals surface area contributed by atoms with Crippen LogP contribution < -0.4 is 10.2 Å². The van der Waals surface area contributed by atoms with Gasteiger partial charge in [0.1, 0.15) is 0 Å². The molecular formula is C104H208CaN2O4. The van der Waals surface area contributed by atoms with E-state index in [-0.39, 0.29) is 62.7 Å². The molecule has 0 aliphatic carbocycles. The second kappa shape index (κ2) is 104. The summed E-state index contributed by atoms with van der Waals surface area (Å²) in [5, 5.41) is 23.2. The van der Waals surface area contributed by atoms with Crippen molar-refractivity contribution < 1.29 is 19.8 Å². The number of rotatable bonds is 98. The average molecular weight is 1590 g/mol. The van der Waals surface area contributed by atoms with E-state index < -0.39 is 11.9 Å². The molecule has 0 radical (unpaired) electrons. The molecule has 0 saturated heterocycles. The largest absolute Gasteiger partial charge is 2.00 e. The molecule has 0 N–H and O–H groups in total.